The maximum absolute atomic E-state index is 10.7. The largest absolute Gasteiger partial charge is 0.385 e. The van der Waals surface area contributed by atoms with Crippen molar-refractivity contribution in [3.05, 3.63) is 78.7 Å². The molecule has 1 fully saturated rings. The van der Waals surface area contributed by atoms with Crippen molar-refractivity contribution in [3.8, 4) is 0 Å². The summed E-state index contributed by atoms with van der Waals surface area (Å²) in [5, 5.41) is 14.0. The zero-order valence-electron chi connectivity index (χ0n) is 15.3. The first-order valence-corrected chi connectivity index (χ1v) is 8.33. The van der Waals surface area contributed by atoms with Crippen LogP contribution in [-0.2, 0) is 44.7 Å². The van der Waals surface area contributed by atoms with Gasteiger partial charge in [-0.3, -0.25) is 0 Å². The summed E-state index contributed by atoms with van der Waals surface area (Å²) in [6.07, 6.45) is 2.54. The quantitative estimate of drug-likeness (QED) is 0.751. The molecule has 0 aromatic heterocycles. The van der Waals surface area contributed by atoms with Gasteiger partial charge in [-0.1, -0.05) is 68.4 Å². The van der Waals surface area contributed by atoms with Crippen molar-refractivity contribution in [1.29, 1.82) is 0 Å². The minimum atomic E-state index is -0.642. The number of aliphatic hydroxyl groups is 1. The Morgan fingerprint density at radius 2 is 1.38 bits per heavy atom. The summed E-state index contributed by atoms with van der Waals surface area (Å²) >= 11 is 0. The topological polar surface area (TPSA) is 32.3 Å². The molecule has 24 heavy (non-hydrogen) atoms. The second-order valence-corrected chi connectivity index (χ2v) is 5.64. The predicted molar refractivity (Wildman–Crippen MR) is 99.5 cm³/mol. The Morgan fingerprint density at radius 1 is 0.875 bits per heavy atom. The van der Waals surface area contributed by atoms with E-state index in [2.05, 4.69) is 53.8 Å². The first-order valence-electron chi connectivity index (χ1n) is 8.33. The average Bonchev–Trinajstić information content (AvgIpc) is 2.59. The number of rotatable bonds is 3. The fraction of sp³-hybridized carbons (Fsp3) is 0.381. The van der Waals surface area contributed by atoms with Crippen LogP contribution in [0.5, 0.6) is 0 Å². The van der Waals surface area contributed by atoms with Gasteiger partial charge in [-0.2, -0.15) is 0 Å². The molecule has 0 spiro atoms. The van der Waals surface area contributed by atoms with E-state index in [1.165, 1.54) is 11.1 Å². The molecule has 3 rings (SSSR count). The van der Waals surface area contributed by atoms with Gasteiger partial charge in [-0.05, 0) is 49.0 Å². The summed E-state index contributed by atoms with van der Waals surface area (Å²) in [7, 11) is 0. The molecule has 1 aliphatic rings. The van der Waals surface area contributed by atoms with Crippen LogP contribution in [0.15, 0.2) is 54.6 Å². The third-order valence-corrected chi connectivity index (χ3v) is 4.17. The normalized spacial score (nSPS) is 15.1. The second kappa shape index (κ2) is 11.9. The van der Waals surface area contributed by atoms with Crippen molar-refractivity contribution >= 4 is 0 Å². The molecule has 2 N–H and O–H groups in total. The van der Waals surface area contributed by atoms with Crippen LogP contribution in [0.1, 0.15) is 43.4 Å². The van der Waals surface area contributed by atoms with E-state index in [1.807, 2.05) is 19.9 Å². The van der Waals surface area contributed by atoms with Gasteiger partial charge in [0.05, 0.1) is 5.60 Å². The Hall–Kier alpha value is -0.536. The Bertz CT molecular complexity index is 548. The molecule has 0 unspecified atom stereocenters. The van der Waals surface area contributed by atoms with E-state index in [-0.39, 0.29) is 40.1 Å². The number of benzene rings is 2. The van der Waals surface area contributed by atoms with Gasteiger partial charge in [0, 0.05) is 32.7 Å². The van der Waals surface area contributed by atoms with E-state index >= 15 is 0 Å². The molecular formula is C21H30NOY-. The number of hydrogen-bond donors (Lipinski definition) is 2. The Morgan fingerprint density at radius 3 is 1.92 bits per heavy atom. The molecular weight excluding hydrogens is 371 g/mol. The number of hydrogen-bond acceptors (Lipinski definition) is 2. The van der Waals surface area contributed by atoms with Crippen LogP contribution in [0, 0.1) is 7.43 Å². The van der Waals surface area contributed by atoms with E-state index in [0.717, 1.165) is 37.9 Å². The van der Waals surface area contributed by atoms with Gasteiger partial charge >= 0.3 is 0 Å². The second-order valence-electron chi connectivity index (χ2n) is 5.64. The van der Waals surface area contributed by atoms with Gasteiger partial charge < -0.3 is 17.8 Å². The Labute approximate surface area is 173 Å². The van der Waals surface area contributed by atoms with Gasteiger partial charge in [-0.15, -0.1) is 0 Å². The fourth-order valence-corrected chi connectivity index (χ4v) is 2.89. The van der Waals surface area contributed by atoms with Crippen molar-refractivity contribution in [1.82, 2.24) is 5.32 Å². The molecule has 1 heterocycles. The maximum Gasteiger partial charge on any atom is 0.0920 e. The van der Waals surface area contributed by atoms with Crippen molar-refractivity contribution < 1.29 is 37.8 Å². The van der Waals surface area contributed by atoms with Gasteiger partial charge in [0.15, 0.2) is 0 Å². The third-order valence-electron chi connectivity index (χ3n) is 4.17. The van der Waals surface area contributed by atoms with E-state index < -0.39 is 5.60 Å². The first kappa shape index (κ1) is 23.5. The third kappa shape index (κ3) is 6.40. The standard InChI is InChI=1S/C18H21NO.C2H6.CH3.Y/c20-18(10-12-19-13-11-18)17-8-6-16(7-9-17)14-15-4-2-1-3-5-15;1-2;;/h1-9,19-20H,10-14H2;1-2H3;1H3;/q;;-1;. The van der Waals surface area contributed by atoms with Crippen molar-refractivity contribution in [2.45, 2.75) is 38.7 Å². The molecule has 3 heteroatoms. The molecule has 0 bridgehead atoms. The smallest absolute Gasteiger partial charge is 0.0920 e. The molecule has 0 aliphatic carbocycles. The monoisotopic (exact) mass is 401 g/mol. The molecule has 0 saturated carbocycles. The van der Waals surface area contributed by atoms with E-state index in [9.17, 15) is 5.11 Å². The molecule has 1 radical (unpaired) electrons. The van der Waals surface area contributed by atoms with Crippen LogP contribution in [0.25, 0.3) is 0 Å². The minimum Gasteiger partial charge on any atom is -0.385 e. The maximum atomic E-state index is 10.7. The summed E-state index contributed by atoms with van der Waals surface area (Å²) in [5.41, 5.74) is 3.02. The number of nitrogens with one attached hydrogen (secondary N) is 1. The van der Waals surface area contributed by atoms with E-state index in [1.54, 1.807) is 0 Å². The van der Waals surface area contributed by atoms with Gasteiger partial charge in [0.1, 0.15) is 0 Å². The molecule has 0 amide bonds. The van der Waals surface area contributed by atoms with E-state index in [4.69, 9.17) is 0 Å². The van der Waals surface area contributed by atoms with Crippen molar-refractivity contribution in [2.75, 3.05) is 13.1 Å². The van der Waals surface area contributed by atoms with Crippen LogP contribution in [0.3, 0.4) is 0 Å². The van der Waals surface area contributed by atoms with Crippen LogP contribution in [0.2, 0.25) is 0 Å². The summed E-state index contributed by atoms with van der Waals surface area (Å²) in [4.78, 5) is 0. The summed E-state index contributed by atoms with van der Waals surface area (Å²) < 4.78 is 0. The Balaban J connectivity index is 0.00000128. The zero-order chi connectivity index (χ0) is 15.8. The molecule has 129 valence electrons. The predicted octanol–water partition coefficient (Wildman–Crippen LogP) is 4.32. The fourth-order valence-electron chi connectivity index (χ4n) is 2.89. The van der Waals surface area contributed by atoms with Crippen LogP contribution in [-0.4, -0.2) is 18.2 Å². The number of piperidine rings is 1. The summed E-state index contributed by atoms with van der Waals surface area (Å²) in [6, 6.07) is 18.9. The van der Waals surface area contributed by atoms with E-state index in [0.29, 0.717) is 0 Å². The molecule has 2 aromatic carbocycles. The first-order chi connectivity index (χ1) is 10.8. The van der Waals surface area contributed by atoms with Gasteiger partial charge in [0.2, 0.25) is 0 Å². The SMILES string of the molecule is CC.OC1(c2ccc(Cc3ccccc3)cc2)CCNCC1.[CH3-].[Y]. The molecule has 2 aromatic rings. The average molecular weight is 401 g/mol. The molecule has 1 saturated heterocycles. The summed E-state index contributed by atoms with van der Waals surface area (Å²) in [5.74, 6) is 0. The Kier molecular flexibility index (Phi) is 11.7. The molecule has 0 atom stereocenters. The van der Waals surface area contributed by atoms with Crippen LogP contribution in [0.4, 0.5) is 0 Å². The van der Waals surface area contributed by atoms with Gasteiger partial charge in [-0.25, -0.2) is 0 Å². The molecule has 2 nitrogen and oxygen atoms in total. The van der Waals surface area contributed by atoms with Crippen molar-refractivity contribution in [3.63, 3.8) is 0 Å². The van der Waals surface area contributed by atoms with Crippen LogP contribution >= 0.6 is 0 Å². The van der Waals surface area contributed by atoms with Crippen LogP contribution < -0.4 is 5.32 Å². The molecule has 1 aliphatic heterocycles. The summed E-state index contributed by atoms with van der Waals surface area (Å²) in [6.45, 7) is 5.78. The zero-order valence-corrected chi connectivity index (χ0v) is 18.1. The van der Waals surface area contributed by atoms with Crippen molar-refractivity contribution in [2.24, 2.45) is 0 Å². The van der Waals surface area contributed by atoms with Gasteiger partial charge in [0.25, 0.3) is 0 Å². The minimum absolute atomic E-state index is 0.